The number of nitrogens with zero attached hydrogens (tertiary/aromatic N) is 2. The van der Waals surface area contributed by atoms with E-state index in [0.29, 0.717) is 25.3 Å². The summed E-state index contributed by atoms with van der Waals surface area (Å²) in [6.45, 7) is 1.12. The van der Waals surface area contributed by atoms with Crippen molar-refractivity contribution in [1.29, 1.82) is 0 Å². The number of urea groups is 1. The molecule has 170 valence electrons. The number of para-hydroxylation sites is 1. The summed E-state index contributed by atoms with van der Waals surface area (Å²) in [4.78, 5) is 18.6. The standard InChI is InChI=1S/C23H25F3N4O2/c24-23(25,26)15-6-7-20(27-13-15)30-11-8-16(14-30)28-21(31)29-18-12-22(9-3-10-22)32-19-5-2-1-4-17(18)19/h1-2,4-7,13,16,18H,3,8-12,14H2,(H2,28,29,31)/t16-,18-/m0/s1. The molecule has 3 aliphatic rings. The lowest BCUT2D eigenvalue weighted by Crippen LogP contribution is -2.52. The van der Waals surface area contributed by atoms with Crippen LogP contribution in [0.25, 0.3) is 0 Å². The second-order valence-corrected chi connectivity index (χ2v) is 8.89. The molecule has 2 amide bonds. The summed E-state index contributed by atoms with van der Waals surface area (Å²) in [5.41, 5.74) is 0.0442. The van der Waals surface area contributed by atoms with Crippen molar-refractivity contribution in [3.63, 3.8) is 0 Å². The normalized spacial score (nSPS) is 23.8. The average molecular weight is 446 g/mol. The van der Waals surface area contributed by atoms with E-state index < -0.39 is 11.7 Å². The summed E-state index contributed by atoms with van der Waals surface area (Å²) in [7, 11) is 0. The molecule has 1 spiro atoms. The van der Waals surface area contributed by atoms with Gasteiger partial charge >= 0.3 is 12.2 Å². The molecule has 2 atom stereocenters. The minimum atomic E-state index is -4.40. The number of aromatic nitrogens is 1. The lowest BCUT2D eigenvalue weighted by atomic mass is 9.73. The first-order chi connectivity index (χ1) is 15.3. The van der Waals surface area contributed by atoms with Crippen LogP contribution in [-0.2, 0) is 6.18 Å². The highest BCUT2D eigenvalue weighted by atomic mass is 19.4. The first-order valence-electron chi connectivity index (χ1n) is 10.9. The van der Waals surface area contributed by atoms with E-state index in [1.807, 2.05) is 29.2 Å². The molecule has 6 nitrogen and oxygen atoms in total. The van der Waals surface area contributed by atoms with E-state index in [-0.39, 0.29) is 23.7 Å². The zero-order valence-corrected chi connectivity index (χ0v) is 17.5. The van der Waals surface area contributed by atoms with E-state index in [2.05, 4.69) is 15.6 Å². The fourth-order valence-corrected chi connectivity index (χ4v) is 4.84. The van der Waals surface area contributed by atoms with Gasteiger partial charge in [-0.25, -0.2) is 9.78 Å². The van der Waals surface area contributed by atoms with Crippen molar-refractivity contribution in [2.75, 3.05) is 18.0 Å². The molecule has 0 unspecified atom stereocenters. The molecule has 5 rings (SSSR count). The van der Waals surface area contributed by atoms with Gasteiger partial charge in [-0.2, -0.15) is 13.2 Å². The number of benzene rings is 1. The zero-order chi connectivity index (χ0) is 22.3. The number of hydrogen-bond acceptors (Lipinski definition) is 4. The number of anilines is 1. The second kappa shape index (κ2) is 7.86. The van der Waals surface area contributed by atoms with Crippen LogP contribution in [0.1, 0.15) is 49.3 Å². The fourth-order valence-electron chi connectivity index (χ4n) is 4.84. The summed E-state index contributed by atoms with van der Waals surface area (Å²) in [5.74, 6) is 1.32. The van der Waals surface area contributed by atoms with Gasteiger partial charge in [0.25, 0.3) is 0 Å². The maximum Gasteiger partial charge on any atom is 0.417 e. The Morgan fingerprint density at radius 3 is 2.66 bits per heavy atom. The summed E-state index contributed by atoms with van der Waals surface area (Å²) in [6.07, 6.45) is 1.03. The molecule has 2 aromatic rings. The van der Waals surface area contributed by atoms with E-state index in [1.54, 1.807) is 0 Å². The number of rotatable bonds is 3. The van der Waals surface area contributed by atoms with Crippen LogP contribution in [0.5, 0.6) is 5.75 Å². The van der Waals surface area contributed by atoms with Gasteiger partial charge in [0.2, 0.25) is 0 Å². The van der Waals surface area contributed by atoms with Crippen LogP contribution >= 0.6 is 0 Å². The third-order valence-electron chi connectivity index (χ3n) is 6.69. The molecule has 1 saturated heterocycles. The third-order valence-corrected chi connectivity index (χ3v) is 6.69. The van der Waals surface area contributed by atoms with E-state index in [1.165, 1.54) is 6.07 Å². The van der Waals surface area contributed by atoms with Crippen molar-refractivity contribution in [3.8, 4) is 5.75 Å². The second-order valence-electron chi connectivity index (χ2n) is 8.89. The van der Waals surface area contributed by atoms with Gasteiger partial charge in [-0.05, 0) is 43.9 Å². The maximum atomic E-state index is 12.8. The molecule has 1 aromatic heterocycles. The molecule has 3 heterocycles. The van der Waals surface area contributed by atoms with Crippen molar-refractivity contribution in [2.24, 2.45) is 0 Å². The number of carbonyl (C=O) groups is 1. The molecule has 1 saturated carbocycles. The first kappa shape index (κ1) is 20.9. The fraction of sp³-hybridized carbons (Fsp3) is 0.478. The molecule has 0 radical (unpaired) electrons. The lowest BCUT2D eigenvalue weighted by Gasteiger charge is -2.48. The van der Waals surface area contributed by atoms with Crippen LogP contribution in [0.15, 0.2) is 42.6 Å². The Hall–Kier alpha value is -2.97. The zero-order valence-electron chi connectivity index (χ0n) is 17.5. The van der Waals surface area contributed by atoms with Gasteiger partial charge in [0.15, 0.2) is 0 Å². The highest BCUT2D eigenvalue weighted by Crippen LogP contribution is 2.48. The van der Waals surface area contributed by atoms with Crippen LogP contribution in [-0.4, -0.2) is 35.7 Å². The number of hydrogen-bond donors (Lipinski definition) is 2. The Morgan fingerprint density at radius 2 is 1.97 bits per heavy atom. The number of carbonyl (C=O) groups excluding carboxylic acids is 1. The van der Waals surface area contributed by atoms with E-state index in [4.69, 9.17) is 4.74 Å². The predicted octanol–water partition coefficient (Wildman–Crippen LogP) is 4.42. The molecule has 1 aromatic carbocycles. The molecule has 9 heteroatoms. The van der Waals surface area contributed by atoms with Gasteiger partial charge in [0, 0.05) is 37.3 Å². The molecular formula is C23H25F3N4O2. The van der Waals surface area contributed by atoms with Gasteiger partial charge in [-0.1, -0.05) is 18.2 Å². The Bertz CT molecular complexity index is 991. The summed E-state index contributed by atoms with van der Waals surface area (Å²) in [5, 5.41) is 6.13. The van der Waals surface area contributed by atoms with Crippen LogP contribution in [0, 0.1) is 0 Å². The third kappa shape index (κ3) is 4.08. The number of pyridine rings is 1. The quantitative estimate of drug-likeness (QED) is 0.732. The minimum Gasteiger partial charge on any atom is -0.487 e. The van der Waals surface area contributed by atoms with Crippen LogP contribution in [0.4, 0.5) is 23.8 Å². The molecule has 32 heavy (non-hydrogen) atoms. The monoisotopic (exact) mass is 446 g/mol. The maximum absolute atomic E-state index is 12.8. The SMILES string of the molecule is O=C(N[C@H]1CCN(c2ccc(C(F)(F)F)cn2)C1)N[C@H]1CC2(CCC2)Oc2ccccc21. The number of amides is 2. The highest BCUT2D eigenvalue weighted by molar-refractivity contribution is 5.75. The Labute approximate surface area is 184 Å². The molecule has 2 fully saturated rings. The van der Waals surface area contributed by atoms with Gasteiger partial charge in [0.1, 0.15) is 17.2 Å². The van der Waals surface area contributed by atoms with Crippen LogP contribution < -0.4 is 20.3 Å². The number of ether oxygens (including phenoxy) is 1. The summed E-state index contributed by atoms with van der Waals surface area (Å²) < 4.78 is 44.5. The molecule has 1 aliphatic carbocycles. The van der Waals surface area contributed by atoms with Crippen LogP contribution in [0.2, 0.25) is 0 Å². The number of alkyl halides is 3. The molecule has 2 aliphatic heterocycles. The molecular weight excluding hydrogens is 421 g/mol. The van der Waals surface area contributed by atoms with Crippen LogP contribution in [0.3, 0.4) is 0 Å². The highest BCUT2D eigenvalue weighted by Gasteiger charge is 2.46. The van der Waals surface area contributed by atoms with E-state index >= 15 is 0 Å². The number of fused-ring (bicyclic) bond motifs is 1. The van der Waals surface area contributed by atoms with Gasteiger partial charge in [-0.15, -0.1) is 0 Å². The van der Waals surface area contributed by atoms with Gasteiger partial charge < -0.3 is 20.3 Å². The summed E-state index contributed by atoms with van der Waals surface area (Å²) >= 11 is 0. The lowest BCUT2D eigenvalue weighted by molar-refractivity contribution is -0.137. The van der Waals surface area contributed by atoms with Gasteiger partial charge in [0.05, 0.1) is 11.6 Å². The van der Waals surface area contributed by atoms with E-state index in [9.17, 15) is 18.0 Å². The van der Waals surface area contributed by atoms with Gasteiger partial charge in [-0.3, -0.25) is 0 Å². The average Bonchev–Trinajstić information content (AvgIpc) is 3.20. The number of halogens is 3. The largest absolute Gasteiger partial charge is 0.487 e. The molecule has 0 bridgehead atoms. The smallest absolute Gasteiger partial charge is 0.417 e. The Balaban J connectivity index is 1.19. The minimum absolute atomic E-state index is 0.105. The number of nitrogens with one attached hydrogen (secondary N) is 2. The van der Waals surface area contributed by atoms with Crippen molar-refractivity contribution < 1.29 is 22.7 Å². The van der Waals surface area contributed by atoms with Crippen molar-refractivity contribution >= 4 is 11.8 Å². The molecule has 2 N–H and O–H groups in total. The predicted molar refractivity (Wildman–Crippen MR) is 113 cm³/mol. The van der Waals surface area contributed by atoms with E-state index in [0.717, 1.165) is 49.3 Å². The van der Waals surface area contributed by atoms with Crippen molar-refractivity contribution in [3.05, 3.63) is 53.7 Å². The van der Waals surface area contributed by atoms with Crippen molar-refractivity contribution in [1.82, 2.24) is 15.6 Å². The Kier molecular flexibility index (Phi) is 5.14. The summed E-state index contributed by atoms with van der Waals surface area (Å²) in [6, 6.07) is 9.77. The first-order valence-corrected chi connectivity index (χ1v) is 10.9. The topological polar surface area (TPSA) is 66.5 Å². The van der Waals surface area contributed by atoms with Crippen molar-refractivity contribution in [2.45, 2.75) is 56.0 Å². The Morgan fingerprint density at radius 1 is 1.16 bits per heavy atom.